The molecular weight excluding hydrogens is 323 g/mol. The lowest BCUT2D eigenvalue weighted by atomic mass is 10.4. The van der Waals surface area contributed by atoms with Crippen LogP contribution < -0.4 is 0 Å². The van der Waals surface area contributed by atoms with Crippen LogP contribution in [0.5, 0.6) is 0 Å². The maximum Gasteiger partial charge on any atom is 0.356 e. The van der Waals surface area contributed by atoms with Gasteiger partial charge in [-0.05, 0) is 11.6 Å². The summed E-state index contributed by atoms with van der Waals surface area (Å²) in [6.45, 7) is 0. The van der Waals surface area contributed by atoms with Crippen molar-refractivity contribution >= 4 is 58.0 Å². The van der Waals surface area contributed by atoms with Crippen molar-refractivity contribution in [2.24, 2.45) is 0 Å². The Hall–Kier alpha value is 0.530. The average molecular weight is 330 g/mol. The van der Waals surface area contributed by atoms with Gasteiger partial charge in [-0.1, -0.05) is 59.6 Å². The molecule has 0 spiro atoms. The average Bonchev–Trinajstić information content (AvgIpc) is 2.19. The van der Waals surface area contributed by atoms with Crippen LogP contribution in [0.4, 0.5) is 8.78 Å². The first-order valence-corrected chi connectivity index (χ1v) is 5.93. The second kappa shape index (κ2) is 7.07. The summed E-state index contributed by atoms with van der Waals surface area (Å²) < 4.78 is 21.5. The summed E-state index contributed by atoms with van der Waals surface area (Å²) in [5.41, 5.74) is 0. The summed E-state index contributed by atoms with van der Waals surface area (Å²) in [5.74, 6) is 0. The molecule has 0 nitrogen and oxygen atoms in total. The van der Waals surface area contributed by atoms with Crippen molar-refractivity contribution in [2.75, 3.05) is 0 Å². The van der Waals surface area contributed by atoms with Crippen LogP contribution in [0.3, 0.4) is 0 Å². The molecule has 0 bridgehead atoms. The normalized spacial score (nSPS) is 12.0. The van der Waals surface area contributed by atoms with Gasteiger partial charge in [0.15, 0.2) is 0 Å². The minimum atomic E-state index is -3.84. The quantitative estimate of drug-likeness (QED) is 0.630. The number of benzene rings is 1. The summed E-state index contributed by atoms with van der Waals surface area (Å²) in [6.07, 6.45) is 0. The zero-order valence-electron chi connectivity index (χ0n) is 7.69. The van der Waals surface area contributed by atoms with Crippen molar-refractivity contribution in [1.82, 2.24) is 0 Å². The molecule has 92 valence electrons. The van der Waals surface area contributed by atoms with E-state index in [1.165, 1.54) is 0 Å². The van der Waals surface area contributed by atoms with E-state index in [9.17, 15) is 8.78 Å². The molecule has 0 atom stereocenters. The van der Waals surface area contributed by atoms with E-state index in [2.05, 4.69) is 11.6 Å². The molecule has 16 heavy (non-hydrogen) atoms. The molecule has 0 aliphatic heterocycles. The van der Waals surface area contributed by atoms with E-state index >= 15 is 0 Å². The maximum absolute atomic E-state index is 12.1. The zero-order valence-corrected chi connectivity index (χ0v) is 11.5. The largest absolute Gasteiger partial charge is 0.356 e. The Bertz CT molecular complexity index is 257. The van der Waals surface area contributed by atoms with Gasteiger partial charge in [0, 0.05) is 0 Å². The van der Waals surface area contributed by atoms with Crippen LogP contribution in [0.1, 0.15) is 0 Å². The highest BCUT2D eigenvalue weighted by atomic mass is 35.5. The molecule has 0 saturated heterocycles. The fourth-order valence-corrected chi connectivity index (χ4v) is 1.00. The van der Waals surface area contributed by atoms with Crippen molar-refractivity contribution in [3.05, 3.63) is 36.4 Å². The minimum absolute atomic E-state index is 1.65. The van der Waals surface area contributed by atoms with Crippen LogP contribution in [0.15, 0.2) is 36.4 Å². The van der Waals surface area contributed by atoms with Crippen molar-refractivity contribution in [3.63, 3.8) is 0 Å². The molecule has 0 radical (unpaired) electrons. The lowest BCUT2D eigenvalue weighted by Gasteiger charge is -2.24. The molecule has 0 fully saturated rings. The smallest absolute Gasteiger partial charge is 0.185 e. The molecular formula is C9H7Cl5F2. The Morgan fingerprint density at radius 3 is 1.06 bits per heavy atom. The Morgan fingerprint density at radius 2 is 1.00 bits per heavy atom. The predicted octanol–water partition coefficient (Wildman–Crippen LogP) is 5.48. The van der Waals surface area contributed by atoms with Crippen molar-refractivity contribution in [2.45, 2.75) is 14.6 Å². The van der Waals surface area contributed by atoms with E-state index in [0.29, 0.717) is 0 Å². The molecule has 0 aliphatic rings. The summed E-state index contributed by atoms with van der Waals surface area (Å²) >= 11 is 24.4. The summed E-state index contributed by atoms with van der Waals surface area (Å²) in [6, 6.07) is 12.0. The summed E-state index contributed by atoms with van der Waals surface area (Å²) in [5, 5.41) is -3.84. The van der Waals surface area contributed by atoms with Gasteiger partial charge in [0.25, 0.3) is 0 Å². The topological polar surface area (TPSA) is 0 Å². The van der Waals surface area contributed by atoms with Gasteiger partial charge < -0.3 is 0 Å². The van der Waals surface area contributed by atoms with E-state index < -0.39 is 14.6 Å². The Kier molecular flexibility index (Phi) is 7.31. The molecule has 7 heteroatoms. The SMILES string of the molecule is FC(F)(Cl)C(Cl)(Cl)C(Cl)Cl.c1ccccc1. The predicted molar refractivity (Wildman–Crippen MR) is 67.2 cm³/mol. The van der Waals surface area contributed by atoms with E-state index in [4.69, 9.17) is 46.4 Å². The van der Waals surface area contributed by atoms with E-state index in [1.807, 2.05) is 36.4 Å². The second-order valence-corrected chi connectivity index (χ2v) is 5.53. The number of halogens is 7. The summed E-state index contributed by atoms with van der Waals surface area (Å²) in [7, 11) is 0. The number of alkyl halides is 7. The summed E-state index contributed by atoms with van der Waals surface area (Å²) in [4.78, 5) is -1.65. The van der Waals surface area contributed by atoms with Crippen LogP contribution in [-0.2, 0) is 0 Å². The van der Waals surface area contributed by atoms with Crippen molar-refractivity contribution in [3.8, 4) is 0 Å². The van der Waals surface area contributed by atoms with Crippen molar-refractivity contribution < 1.29 is 8.78 Å². The zero-order chi connectivity index (χ0) is 12.8. The van der Waals surface area contributed by atoms with E-state index in [1.54, 1.807) is 0 Å². The highest BCUT2D eigenvalue weighted by Crippen LogP contribution is 2.47. The third kappa shape index (κ3) is 5.74. The molecule has 1 aromatic carbocycles. The standard InChI is InChI=1S/C6H6.C3HCl5F2/c1-2-4-6-5-3-1;4-1(5)2(6,7)3(8,9)10/h1-6H;1H. The van der Waals surface area contributed by atoms with Crippen LogP contribution in [0.25, 0.3) is 0 Å². The monoisotopic (exact) mass is 328 g/mol. The molecule has 1 aromatic rings. The van der Waals surface area contributed by atoms with Gasteiger partial charge in [0.05, 0.1) is 0 Å². The van der Waals surface area contributed by atoms with Crippen LogP contribution in [-0.4, -0.2) is 14.6 Å². The lowest BCUT2D eigenvalue weighted by Crippen LogP contribution is -2.38. The fraction of sp³-hybridized carbons (Fsp3) is 0.333. The molecule has 0 unspecified atom stereocenters. The second-order valence-electron chi connectivity index (χ2n) is 2.58. The Morgan fingerprint density at radius 1 is 0.750 bits per heavy atom. The molecule has 0 aromatic heterocycles. The molecule has 0 N–H and O–H groups in total. The maximum atomic E-state index is 12.1. The number of hydrogen-bond acceptors (Lipinski definition) is 0. The Labute approximate surface area is 117 Å². The van der Waals surface area contributed by atoms with E-state index in [0.717, 1.165) is 0 Å². The number of rotatable bonds is 2. The first-order valence-electron chi connectivity index (χ1n) is 3.92. The van der Waals surface area contributed by atoms with Gasteiger partial charge in [-0.15, -0.1) is 23.2 Å². The van der Waals surface area contributed by atoms with Gasteiger partial charge >= 0.3 is 5.38 Å². The van der Waals surface area contributed by atoms with Gasteiger partial charge in [0.1, 0.15) is 4.84 Å². The van der Waals surface area contributed by atoms with Gasteiger partial charge in [-0.2, -0.15) is 8.78 Å². The first kappa shape index (κ1) is 16.5. The third-order valence-electron chi connectivity index (χ3n) is 1.32. The number of hydrogen-bond donors (Lipinski definition) is 0. The molecule has 0 heterocycles. The van der Waals surface area contributed by atoms with Gasteiger partial charge in [0.2, 0.25) is 4.33 Å². The van der Waals surface area contributed by atoms with E-state index in [-0.39, 0.29) is 0 Å². The van der Waals surface area contributed by atoms with Gasteiger partial charge in [-0.3, -0.25) is 0 Å². The van der Waals surface area contributed by atoms with Gasteiger partial charge in [-0.25, -0.2) is 0 Å². The third-order valence-corrected chi connectivity index (χ3v) is 3.82. The van der Waals surface area contributed by atoms with Crippen molar-refractivity contribution in [1.29, 1.82) is 0 Å². The molecule has 0 aliphatic carbocycles. The van der Waals surface area contributed by atoms with Crippen LogP contribution >= 0.6 is 58.0 Å². The molecule has 1 rings (SSSR count). The first-order chi connectivity index (χ1) is 7.19. The minimum Gasteiger partial charge on any atom is -0.185 e. The molecule has 0 amide bonds. The fourth-order valence-electron chi connectivity index (χ4n) is 0.509. The Balaban J connectivity index is 0.000000315. The lowest BCUT2D eigenvalue weighted by molar-refractivity contribution is 0.0806. The highest BCUT2D eigenvalue weighted by molar-refractivity contribution is 6.62. The molecule has 0 saturated carbocycles. The van der Waals surface area contributed by atoms with Crippen LogP contribution in [0.2, 0.25) is 0 Å². The highest BCUT2D eigenvalue weighted by Gasteiger charge is 2.54. The van der Waals surface area contributed by atoms with Crippen LogP contribution in [0, 0.1) is 0 Å².